The number of hydrogen-bond donors (Lipinski definition) is 1. The van der Waals surface area contributed by atoms with Gasteiger partial charge in [-0.25, -0.2) is 0 Å². The number of carboxylic acids is 1. The summed E-state index contributed by atoms with van der Waals surface area (Å²) in [6.07, 6.45) is 4.82. The van der Waals surface area contributed by atoms with E-state index in [-0.39, 0.29) is 12.3 Å². The smallest absolute Gasteiger partial charge is 0.303 e. The highest BCUT2D eigenvalue weighted by Gasteiger charge is 2.40. The Labute approximate surface area is 83.5 Å². The molecule has 78 valence electrons. The van der Waals surface area contributed by atoms with Crippen LogP contribution < -0.4 is 0 Å². The second-order valence-electron chi connectivity index (χ2n) is 4.66. The standard InChI is InChI=1S/C11H16O3/c12-9-4-7-2-1-3-8(5-9)10(7)6-11(13)14/h7-8,10H,1-6H2,(H,13,14). The summed E-state index contributed by atoms with van der Waals surface area (Å²) in [4.78, 5) is 22.1. The third kappa shape index (κ3) is 1.81. The van der Waals surface area contributed by atoms with Gasteiger partial charge in [0.1, 0.15) is 5.78 Å². The predicted molar refractivity (Wildman–Crippen MR) is 50.8 cm³/mol. The lowest BCUT2D eigenvalue weighted by atomic mass is 9.63. The molecule has 0 aromatic carbocycles. The molecular formula is C11H16O3. The van der Waals surface area contributed by atoms with E-state index in [0.29, 0.717) is 30.5 Å². The average Bonchev–Trinajstić information content (AvgIpc) is 2.05. The van der Waals surface area contributed by atoms with Gasteiger partial charge in [0.2, 0.25) is 0 Å². The molecule has 0 radical (unpaired) electrons. The van der Waals surface area contributed by atoms with Gasteiger partial charge in [0, 0.05) is 19.3 Å². The first-order chi connectivity index (χ1) is 6.66. The maximum atomic E-state index is 11.4. The highest BCUT2D eigenvalue weighted by atomic mass is 16.4. The van der Waals surface area contributed by atoms with Crippen LogP contribution in [0.5, 0.6) is 0 Å². The van der Waals surface area contributed by atoms with Crippen LogP contribution >= 0.6 is 0 Å². The molecule has 2 bridgehead atoms. The van der Waals surface area contributed by atoms with Crippen molar-refractivity contribution in [3.05, 3.63) is 0 Å². The van der Waals surface area contributed by atoms with Gasteiger partial charge < -0.3 is 5.11 Å². The molecule has 14 heavy (non-hydrogen) atoms. The summed E-state index contributed by atoms with van der Waals surface area (Å²) in [7, 11) is 0. The van der Waals surface area contributed by atoms with E-state index in [1.165, 1.54) is 6.42 Å². The summed E-state index contributed by atoms with van der Waals surface area (Å²) in [5.41, 5.74) is 0. The van der Waals surface area contributed by atoms with Crippen LogP contribution in [0, 0.1) is 17.8 Å². The molecule has 2 rings (SSSR count). The highest BCUT2D eigenvalue weighted by molar-refractivity contribution is 5.80. The van der Waals surface area contributed by atoms with Crippen molar-refractivity contribution in [1.82, 2.24) is 0 Å². The van der Waals surface area contributed by atoms with Crippen LogP contribution in [0.25, 0.3) is 0 Å². The van der Waals surface area contributed by atoms with Crippen molar-refractivity contribution >= 4 is 11.8 Å². The molecule has 2 aliphatic rings. The molecule has 0 heterocycles. The van der Waals surface area contributed by atoms with Gasteiger partial charge >= 0.3 is 5.97 Å². The third-order valence-electron chi connectivity index (χ3n) is 3.75. The highest BCUT2D eigenvalue weighted by Crippen LogP contribution is 2.44. The van der Waals surface area contributed by atoms with E-state index in [9.17, 15) is 9.59 Å². The summed E-state index contributed by atoms with van der Waals surface area (Å²) in [6.45, 7) is 0. The van der Waals surface area contributed by atoms with Gasteiger partial charge in [-0.2, -0.15) is 0 Å². The van der Waals surface area contributed by atoms with Gasteiger partial charge in [0.25, 0.3) is 0 Å². The Balaban J connectivity index is 2.08. The molecule has 1 N–H and O–H groups in total. The molecule has 0 aromatic rings. The van der Waals surface area contributed by atoms with E-state index in [1.807, 2.05) is 0 Å². The number of carboxylic acid groups (broad SMARTS) is 1. The lowest BCUT2D eigenvalue weighted by Gasteiger charge is -2.41. The quantitative estimate of drug-likeness (QED) is 0.733. The Hall–Kier alpha value is -0.860. The number of aliphatic carboxylic acids is 1. The Morgan fingerprint density at radius 1 is 1.29 bits per heavy atom. The van der Waals surface area contributed by atoms with Crippen LogP contribution in [0.1, 0.15) is 38.5 Å². The summed E-state index contributed by atoms with van der Waals surface area (Å²) in [5, 5.41) is 8.80. The van der Waals surface area contributed by atoms with Crippen LogP contribution in [0.15, 0.2) is 0 Å². The summed E-state index contributed by atoms with van der Waals surface area (Å²) in [5.74, 6) is 0.652. The van der Waals surface area contributed by atoms with Crippen molar-refractivity contribution in [1.29, 1.82) is 0 Å². The number of carbonyl (C=O) groups is 2. The molecule has 2 aliphatic carbocycles. The van der Waals surface area contributed by atoms with Crippen LogP contribution in [0.4, 0.5) is 0 Å². The molecular weight excluding hydrogens is 180 g/mol. The van der Waals surface area contributed by atoms with Crippen molar-refractivity contribution in [2.24, 2.45) is 17.8 Å². The molecule has 3 heteroatoms. The number of fused-ring (bicyclic) bond motifs is 2. The Kier molecular flexibility index (Phi) is 2.57. The Morgan fingerprint density at radius 3 is 2.36 bits per heavy atom. The molecule has 0 saturated heterocycles. The molecule has 2 saturated carbocycles. The predicted octanol–water partition coefficient (Wildman–Crippen LogP) is 1.86. The molecule has 2 fully saturated rings. The maximum absolute atomic E-state index is 11.4. The van der Waals surface area contributed by atoms with E-state index < -0.39 is 5.97 Å². The zero-order valence-corrected chi connectivity index (χ0v) is 8.24. The van der Waals surface area contributed by atoms with Crippen molar-refractivity contribution in [2.75, 3.05) is 0 Å². The number of ketones is 1. The van der Waals surface area contributed by atoms with Crippen LogP contribution in [0.2, 0.25) is 0 Å². The van der Waals surface area contributed by atoms with Crippen molar-refractivity contribution in [3.8, 4) is 0 Å². The number of carbonyl (C=O) groups excluding carboxylic acids is 1. The lowest BCUT2D eigenvalue weighted by molar-refractivity contribution is -0.142. The average molecular weight is 196 g/mol. The molecule has 2 unspecified atom stereocenters. The number of Topliss-reactive ketones (excluding diaryl/α,β-unsaturated/α-hetero) is 1. The van der Waals surface area contributed by atoms with Crippen molar-refractivity contribution in [3.63, 3.8) is 0 Å². The van der Waals surface area contributed by atoms with Crippen molar-refractivity contribution in [2.45, 2.75) is 38.5 Å². The fourth-order valence-corrected chi connectivity index (χ4v) is 3.17. The first-order valence-corrected chi connectivity index (χ1v) is 5.40. The van der Waals surface area contributed by atoms with Gasteiger partial charge in [-0.05, 0) is 30.6 Å². The van der Waals surface area contributed by atoms with Gasteiger partial charge in [-0.15, -0.1) is 0 Å². The van der Waals surface area contributed by atoms with E-state index in [0.717, 1.165) is 12.8 Å². The zero-order valence-electron chi connectivity index (χ0n) is 8.24. The Bertz CT molecular complexity index is 243. The zero-order chi connectivity index (χ0) is 10.1. The first-order valence-electron chi connectivity index (χ1n) is 5.40. The van der Waals surface area contributed by atoms with Crippen LogP contribution in [0.3, 0.4) is 0 Å². The van der Waals surface area contributed by atoms with Gasteiger partial charge in [-0.1, -0.05) is 6.42 Å². The SMILES string of the molecule is O=C(O)CC1C2CCCC1CC(=O)C2. The minimum Gasteiger partial charge on any atom is -0.481 e. The first kappa shape index (κ1) is 9.69. The normalized spacial score (nSPS) is 36.9. The third-order valence-corrected chi connectivity index (χ3v) is 3.75. The number of hydrogen-bond acceptors (Lipinski definition) is 2. The van der Waals surface area contributed by atoms with Gasteiger partial charge in [0.05, 0.1) is 0 Å². The molecule has 0 spiro atoms. The van der Waals surface area contributed by atoms with Crippen molar-refractivity contribution < 1.29 is 14.7 Å². The molecule has 0 aliphatic heterocycles. The summed E-state index contributed by atoms with van der Waals surface area (Å²) < 4.78 is 0. The molecule has 3 nitrogen and oxygen atoms in total. The van der Waals surface area contributed by atoms with E-state index in [1.54, 1.807) is 0 Å². The van der Waals surface area contributed by atoms with Crippen LogP contribution in [-0.2, 0) is 9.59 Å². The minimum atomic E-state index is -0.707. The molecule has 2 atom stereocenters. The van der Waals surface area contributed by atoms with E-state index >= 15 is 0 Å². The fraction of sp³-hybridized carbons (Fsp3) is 0.818. The maximum Gasteiger partial charge on any atom is 0.303 e. The van der Waals surface area contributed by atoms with E-state index in [4.69, 9.17) is 5.11 Å². The van der Waals surface area contributed by atoms with Gasteiger partial charge in [0.15, 0.2) is 0 Å². The molecule has 0 aromatic heterocycles. The van der Waals surface area contributed by atoms with Crippen LogP contribution in [-0.4, -0.2) is 16.9 Å². The Morgan fingerprint density at radius 2 is 1.86 bits per heavy atom. The second-order valence-corrected chi connectivity index (χ2v) is 4.66. The van der Waals surface area contributed by atoms with E-state index in [2.05, 4.69) is 0 Å². The second kappa shape index (κ2) is 3.71. The summed E-state index contributed by atoms with van der Waals surface area (Å²) >= 11 is 0. The largest absolute Gasteiger partial charge is 0.481 e. The van der Waals surface area contributed by atoms with Gasteiger partial charge in [-0.3, -0.25) is 9.59 Å². The fourth-order valence-electron chi connectivity index (χ4n) is 3.17. The monoisotopic (exact) mass is 196 g/mol. The summed E-state index contributed by atoms with van der Waals surface area (Å²) in [6, 6.07) is 0. The number of rotatable bonds is 2. The minimum absolute atomic E-state index is 0.266. The lowest BCUT2D eigenvalue weighted by Crippen LogP contribution is -2.37. The topological polar surface area (TPSA) is 54.4 Å². The molecule has 0 amide bonds.